The molecule has 116 valence electrons. The van der Waals surface area contributed by atoms with Gasteiger partial charge in [-0.2, -0.15) is 5.10 Å². The van der Waals surface area contributed by atoms with Gasteiger partial charge in [-0.3, -0.25) is 9.78 Å². The van der Waals surface area contributed by atoms with Gasteiger partial charge in [0.05, 0.1) is 5.02 Å². The van der Waals surface area contributed by atoms with E-state index in [4.69, 9.17) is 23.2 Å². The highest BCUT2D eigenvalue weighted by atomic mass is 35.5. The molecule has 0 aliphatic carbocycles. The van der Waals surface area contributed by atoms with Gasteiger partial charge in [-0.15, -0.1) is 0 Å². The molecule has 4 heterocycles. The molecule has 0 aromatic carbocycles. The highest BCUT2D eigenvalue weighted by molar-refractivity contribution is 6.36. The Bertz CT molecular complexity index is 923. The van der Waals surface area contributed by atoms with E-state index in [1.165, 1.54) is 4.52 Å². The molecule has 0 unspecified atom stereocenters. The van der Waals surface area contributed by atoms with E-state index in [9.17, 15) is 4.79 Å². The van der Waals surface area contributed by atoms with Gasteiger partial charge in [-0.05, 0) is 17.7 Å². The Labute approximate surface area is 141 Å². The maximum Gasteiger partial charge on any atom is 0.276 e. The summed E-state index contributed by atoms with van der Waals surface area (Å²) >= 11 is 12.3. The van der Waals surface area contributed by atoms with Gasteiger partial charge < -0.3 is 4.90 Å². The molecule has 0 spiro atoms. The zero-order valence-corrected chi connectivity index (χ0v) is 13.4. The quantitative estimate of drug-likeness (QED) is 0.678. The number of rotatable bonds is 1. The second-order valence-corrected chi connectivity index (χ2v) is 6.10. The number of pyridine rings is 1. The van der Waals surface area contributed by atoms with Crippen LogP contribution in [-0.4, -0.2) is 36.9 Å². The van der Waals surface area contributed by atoms with E-state index >= 15 is 0 Å². The minimum absolute atomic E-state index is 0.212. The maximum absolute atomic E-state index is 12.8. The van der Waals surface area contributed by atoms with Crippen LogP contribution in [0.3, 0.4) is 0 Å². The van der Waals surface area contributed by atoms with Gasteiger partial charge in [-0.1, -0.05) is 23.2 Å². The fourth-order valence-electron chi connectivity index (χ4n) is 2.72. The van der Waals surface area contributed by atoms with Crippen LogP contribution < -0.4 is 0 Å². The summed E-state index contributed by atoms with van der Waals surface area (Å²) in [5.41, 5.74) is 2.61. The zero-order valence-electron chi connectivity index (χ0n) is 11.9. The normalized spacial score (nSPS) is 14.1. The summed E-state index contributed by atoms with van der Waals surface area (Å²) in [4.78, 5) is 22.9. The van der Waals surface area contributed by atoms with E-state index in [0.29, 0.717) is 30.2 Å². The topological polar surface area (TPSA) is 63.4 Å². The van der Waals surface area contributed by atoms with Crippen LogP contribution in [0.15, 0.2) is 30.7 Å². The third-order valence-corrected chi connectivity index (χ3v) is 4.39. The molecule has 6 nitrogen and oxygen atoms in total. The second-order valence-electron chi connectivity index (χ2n) is 5.29. The molecule has 0 saturated heterocycles. The molecule has 3 aromatic heterocycles. The van der Waals surface area contributed by atoms with Gasteiger partial charge in [0.2, 0.25) is 0 Å². The van der Waals surface area contributed by atoms with Gasteiger partial charge in [0, 0.05) is 43.8 Å². The Morgan fingerprint density at radius 2 is 2.13 bits per heavy atom. The molecule has 0 saturated carbocycles. The molecule has 8 heteroatoms. The minimum atomic E-state index is -0.217. The molecule has 0 atom stereocenters. The second kappa shape index (κ2) is 5.47. The zero-order chi connectivity index (χ0) is 16.0. The molecule has 23 heavy (non-hydrogen) atoms. The van der Waals surface area contributed by atoms with Gasteiger partial charge in [0.15, 0.2) is 11.3 Å². The predicted molar refractivity (Wildman–Crippen MR) is 85.7 cm³/mol. The SMILES string of the molecule is O=C(c1nn2cccnc2c1Cl)N1CCc2ncc(Cl)cc2C1. The van der Waals surface area contributed by atoms with E-state index < -0.39 is 0 Å². The molecule has 0 N–H and O–H groups in total. The first kappa shape index (κ1) is 14.4. The van der Waals surface area contributed by atoms with Gasteiger partial charge >= 0.3 is 0 Å². The third kappa shape index (κ3) is 2.44. The smallest absolute Gasteiger partial charge is 0.276 e. The average molecular weight is 348 g/mol. The van der Waals surface area contributed by atoms with E-state index in [-0.39, 0.29) is 16.6 Å². The Hall–Kier alpha value is -2.18. The minimum Gasteiger partial charge on any atom is -0.332 e. The fraction of sp³-hybridized carbons (Fsp3) is 0.200. The molecule has 1 aliphatic heterocycles. The molecule has 0 bridgehead atoms. The number of hydrogen-bond donors (Lipinski definition) is 0. The summed E-state index contributed by atoms with van der Waals surface area (Å²) in [6.07, 6.45) is 5.63. The fourth-order valence-corrected chi connectivity index (χ4v) is 3.15. The number of aromatic nitrogens is 4. The van der Waals surface area contributed by atoms with E-state index in [0.717, 1.165) is 11.3 Å². The molecule has 0 radical (unpaired) electrons. The highest BCUT2D eigenvalue weighted by Crippen LogP contribution is 2.25. The number of hydrogen-bond acceptors (Lipinski definition) is 4. The van der Waals surface area contributed by atoms with E-state index in [1.807, 2.05) is 6.07 Å². The Morgan fingerprint density at radius 1 is 1.26 bits per heavy atom. The molecule has 1 amide bonds. The number of amides is 1. The van der Waals surface area contributed by atoms with Crippen molar-refractivity contribution in [2.45, 2.75) is 13.0 Å². The van der Waals surface area contributed by atoms with E-state index in [1.54, 1.807) is 29.6 Å². The number of carbonyl (C=O) groups excluding carboxylic acids is 1. The Balaban J connectivity index is 1.68. The molecular weight excluding hydrogens is 337 g/mol. The summed E-state index contributed by atoms with van der Waals surface area (Å²) in [6.45, 7) is 1.01. The average Bonchev–Trinajstić information content (AvgIpc) is 2.91. The van der Waals surface area contributed by atoms with Crippen molar-refractivity contribution < 1.29 is 4.79 Å². The molecule has 4 rings (SSSR count). The van der Waals surface area contributed by atoms with Crippen LogP contribution in [0.5, 0.6) is 0 Å². The van der Waals surface area contributed by atoms with Crippen LogP contribution in [0.25, 0.3) is 5.65 Å². The van der Waals surface area contributed by atoms with Crippen molar-refractivity contribution in [1.82, 2.24) is 24.5 Å². The van der Waals surface area contributed by atoms with Crippen molar-refractivity contribution in [1.29, 1.82) is 0 Å². The summed E-state index contributed by atoms with van der Waals surface area (Å²) in [5, 5.41) is 5.08. The lowest BCUT2D eigenvalue weighted by Crippen LogP contribution is -2.36. The van der Waals surface area contributed by atoms with Crippen molar-refractivity contribution in [2.24, 2.45) is 0 Å². The van der Waals surface area contributed by atoms with Crippen molar-refractivity contribution in [3.63, 3.8) is 0 Å². The van der Waals surface area contributed by atoms with Crippen LogP contribution in [0, 0.1) is 0 Å². The van der Waals surface area contributed by atoms with Crippen molar-refractivity contribution >= 4 is 34.8 Å². The van der Waals surface area contributed by atoms with Gasteiger partial charge in [0.25, 0.3) is 5.91 Å². The van der Waals surface area contributed by atoms with Crippen molar-refractivity contribution in [2.75, 3.05) is 6.54 Å². The summed E-state index contributed by atoms with van der Waals surface area (Å²) in [7, 11) is 0. The largest absolute Gasteiger partial charge is 0.332 e. The lowest BCUT2D eigenvalue weighted by atomic mass is 10.1. The van der Waals surface area contributed by atoms with Crippen LogP contribution in [-0.2, 0) is 13.0 Å². The van der Waals surface area contributed by atoms with Crippen LogP contribution in [0.1, 0.15) is 21.7 Å². The molecule has 1 aliphatic rings. The van der Waals surface area contributed by atoms with Crippen LogP contribution >= 0.6 is 23.2 Å². The molecular formula is C15H11Cl2N5O. The number of nitrogens with zero attached hydrogens (tertiary/aromatic N) is 5. The van der Waals surface area contributed by atoms with Gasteiger partial charge in [0.1, 0.15) is 5.02 Å². The third-order valence-electron chi connectivity index (χ3n) is 3.84. The first-order chi connectivity index (χ1) is 11.1. The highest BCUT2D eigenvalue weighted by Gasteiger charge is 2.27. The first-order valence-corrected chi connectivity index (χ1v) is 7.80. The lowest BCUT2D eigenvalue weighted by Gasteiger charge is -2.27. The Morgan fingerprint density at radius 3 is 2.96 bits per heavy atom. The maximum atomic E-state index is 12.8. The number of fused-ring (bicyclic) bond motifs is 2. The monoisotopic (exact) mass is 347 g/mol. The molecule has 0 fully saturated rings. The van der Waals surface area contributed by atoms with E-state index in [2.05, 4.69) is 15.1 Å². The number of carbonyl (C=O) groups is 1. The summed E-state index contributed by atoms with van der Waals surface area (Å²) < 4.78 is 1.51. The lowest BCUT2D eigenvalue weighted by molar-refractivity contribution is 0.0727. The standard InChI is InChI=1S/C15H11Cl2N5O/c16-10-6-9-8-21(5-2-11(9)19-7-10)15(23)13-12(17)14-18-3-1-4-22(14)20-13/h1,3-4,6-7H,2,5,8H2. The predicted octanol–water partition coefficient (Wildman–Crippen LogP) is 2.63. The van der Waals surface area contributed by atoms with Crippen molar-refractivity contribution in [3.8, 4) is 0 Å². The Kier molecular flexibility index (Phi) is 3.43. The summed E-state index contributed by atoms with van der Waals surface area (Å²) in [5.74, 6) is -0.217. The molecule has 3 aromatic rings. The van der Waals surface area contributed by atoms with Gasteiger partial charge in [-0.25, -0.2) is 9.50 Å². The van der Waals surface area contributed by atoms with Crippen LogP contribution in [0.2, 0.25) is 10.0 Å². The van der Waals surface area contributed by atoms with Crippen molar-refractivity contribution in [3.05, 3.63) is 57.7 Å². The summed E-state index contributed by atoms with van der Waals surface area (Å²) in [6, 6.07) is 3.57. The number of halogens is 2. The van der Waals surface area contributed by atoms with Crippen LogP contribution in [0.4, 0.5) is 0 Å². The first-order valence-electron chi connectivity index (χ1n) is 7.05.